The summed E-state index contributed by atoms with van der Waals surface area (Å²) in [5.41, 5.74) is 3.16. The Labute approximate surface area is 151 Å². The molecule has 0 aromatic heterocycles. The van der Waals surface area contributed by atoms with E-state index in [-0.39, 0.29) is 17.4 Å². The van der Waals surface area contributed by atoms with E-state index in [1.807, 2.05) is 6.92 Å². The van der Waals surface area contributed by atoms with Gasteiger partial charge in [0.2, 0.25) is 5.91 Å². The van der Waals surface area contributed by atoms with Gasteiger partial charge in [-0.2, -0.15) is 0 Å². The number of hydrogen-bond donors (Lipinski definition) is 2. The van der Waals surface area contributed by atoms with Crippen molar-refractivity contribution in [3.05, 3.63) is 58.7 Å². The molecule has 1 fully saturated rings. The van der Waals surface area contributed by atoms with Crippen LogP contribution in [0.25, 0.3) is 0 Å². The summed E-state index contributed by atoms with van der Waals surface area (Å²) in [6, 6.07) is 10.1. The minimum atomic E-state index is -1.03. The van der Waals surface area contributed by atoms with E-state index in [1.54, 1.807) is 42.2 Å². The molecule has 1 heterocycles. The number of carboxylic acid groups (broad SMARTS) is 1. The Bertz CT molecular complexity index is 905. The fourth-order valence-corrected chi connectivity index (χ4v) is 3.15. The third-order valence-electron chi connectivity index (χ3n) is 4.54. The van der Waals surface area contributed by atoms with Crippen molar-refractivity contribution in [1.29, 1.82) is 0 Å². The monoisotopic (exact) mass is 352 g/mol. The molecule has 1 aliphatic heterocycles. The number of nitrogens with one attached hydrogen (secondary N) is 1. The van der Waals surface area contributed by atoms with Crippen molar-refractivity contribution in [2.24, 2.45) is 0 Å². The molecule has 0 atom stereocenters. The summed E-state index contributed by atoms with van der Waals surface area (Å²) < 4.78 is 0. The predicted molar refractivity (Wildman–Crippen MR) is 98.9 cm³/mol. The van der Waals surface area contributed by atoms with Gasteiger partial charge in [0.15, 0.2) is 0 Å². The quantitative estimate of drug-likeness (QED) is 0.883. The van der Waals surface area contributed by atoms with Crippen LogP contribution in [0.2, 0.25) is 0 Å². The van der Waals surface area contributed by atoms with Gasteiger partial charge in [0, 0.05) is 29.9 Å². The average Bonchev–Trinajstić information content (AvgIpc) is 3.03. The maximum absolute atomic E-state index is 12.6. The number of carbonyl (C=O) groups is 3. The Hall–Kier alpha value is -3.15. The Morgan fingerprint density at radius 3 is 2.54 bits per heavy atom. The summed E-state index contributed by atoms with van der Waals surface area (Å²) >= 11 is 0. The maximum Gasteiger partial charge on any atom is 0.336 e. The van der Waals surface area contributed by atoms with Crippen LogP contribution in [-0.2, 0) is 4.79 Å². The maximum atomic E-state index is 12.6. The lowest BCUT2D eigenvalue weighted by Crippen LogP contribution is -2.24. The number of rotatable bonds is 4. The van der Waals surface area contributed by atoms with E-state index in [1.165, 1.54) is 6.07 Å². The largest absolute Gasteiger partial charge is 0.478 e. The van der Waals surface area contributed by atoms with E-state index in [0.717, 1.165) is 12.0 Å². The van der Waals surface area contributed by atoms with Crippen LogP contribution in [-0.4, -0.2) is 29.4 Å². The molecule has 0 aliphatic carbocycles. The van der Waals surface area contributed by atoms with Gasteiger partial charge < -0.3 is 15.3 Å². The smallest absolute Gasteiger partial charge is 0.336 e. The number of anilines is 2. The van der Waals surface area contributed by atoms with Gasteiger partial charge in [-0.25, -0.2) is 4.79 Å². The summed E-state index contributed by atoms with van der Waals surface area (Å²) in [7, 11) is 0. The minimum absolute atomic E-state index is 0.0584. The highest BCUT2D eigenvalue weighted by atomic mass is 16.4. The second kappa shape index (κ2) is 7.00. The normalized spacial score (nSPS) is 13.8. The van der Waals surface area contributed by atoms with Crippen LogP contribution < -0.4 is 10.2 Å². The second-order valence-electron chi connectivity index (χ2n) is 6.44. The molecule has 134 valence electrons. The summed E-state index contributed by atoms with van der Waals surface area (Å²) in [4.78, 5) is 37.5. The van der Waals surface area contributed by atoms with Crippen molar-refractivity contribution in [1.82, 2.24) is 0 Å². The zero-order valence-electron chi connectivity index (χ0n) is 14.7. The molecule has 0 saturated carbocycles. The summed E-state index contributed by atoms with van der Waals surface area (Å²) in [6.45, 7) is 4.19. The molecule has 2 N–H and O–H groups in total. The number of carboxylic acids is 1. The number of benzene rings is 2. The lowest BCUT2D eigenvalue weighted by atomic mass is 10.0. The van der Waals surface area contributed by atoms with E-state index in [0.29, 0.717) is 35.5 Å². The Balaban J connectivity index is 1.86. The third-order valence-corrected chi connectivity index (χ3v) is 4.54. The van der Waals surface area contributed by atoms with Crippen molar-refractivity contribution in [2.75, 3.05) is 16.8 Å². The summed E-state index contributed by atoms with van der Waals surface area (Å²) in [5.74, 6) is -1.32. The van der Waals surface area contributed by atoms with Gasteiger partial charge in [0.05, 0.1) is 5.56 Å². The first-order valence-electron chi connectivity index (χ1n) is 8.43. The standard InChI is InChI=1S/C20H20N2O4/c1-12-9-13(2)17(11-16(12)20(25)26)21-19(24)14-5-3-6-15(10-14)22-8-4-7-18(22)23/h3,5-6,9-11H,4,7-8H2,1-2H3,(H,21,24)(H,25,26). The van der Waals surface area contributed by atoms with E-state index in [2.05, 4.69) is 5.32 Å². The molecule has 26 heavy (non-hydrogen) atoms. The van der Waals surface area contributed by atoms with Crippen LogP contribution in [0.5, 0.6) is 0 Å². The number of nitrogens with zero attached hydrogens (tertiary/aromatic N) is 1. The highest BCUT2D eigenvalue weighted by molar-refractivity contribution is 6.06. The first kappa shape index (κ1) is 17.7. The SMILES string of the molecule is Cc1cc(C)c(C(=O)O)cc1NC(=O)c1cccc(N2CCCC2=O)c1. The van der Waals surface area contributed by atoms with Crippen molar-refractivity contribution in [3.63, 3.8) is 0 Å². The summed E-state index contributed by atoms with van der Waals surface area (Å²) in [5, 5.41) is 12.0. The van der Waals surface area contributed by atoms with Crippen LogP contribution in [0, 0.1) is 13.8 Å². The number of aromatic carboxylic acids is 1. The highest BCUT2D eigenvalue weighted by Gasteiger charge is 2.22. The van der Waals surface area contributed by atoms with Gasteiger partial charge >= 0.3 is 5.97 Å². The summed E-state index contributed by atoms with van der Waals surface area (Å²) in [6.07, 6.45) is 1.34. The van der Waals surface area contributed by atoms with Gasteiger partial charge in [-0.3, -0.25) is 9.59 Å². The number of carbonyl (C=O) groups excluding carboxylic acids is 2. The number of hydrogen-bond acceptors (Lipinski definition) is 3. The highest BCUT2D eigenvalue weighted by Crippen LogP contribution is 2.24. The van der Waals surface area contributed by atoms with E-state index in [4.69, 9.17) is 0 Å². The molecule has 2 amide bonds. The van der Waals surface area contributed by atoms with Gasteiger partial charge in [0.1, 0.15) is 0 Å². The van der Waals surface area contributed by atoms with Gasteiger partial charge in [0.25, 0.3) is 5.91 Å². The van der Waals surface area contributed by atoms with Crippen LogP contribution in [0.15, 0.2) is 36.4 Å². The Morgan fingerprint density at radius 1 is 1.12 bits per heavy atom. The molecule has 0 unspecified atom stereocenters. The molecular formula is C20H20N2O4. The molecule has 0 radical (unpaired) electrons. The number of aryl methyl sites for hydroxylation is 2. The molecule has 6 nitrogen and oxygen atoms in total. The Kier molecular flexibility index (Phi) is 4.75. The van der Waals surface area contributed by atoms with Crippen molar-refractivity contribution < 1.29 is 19.5 Å². The van der Waals surface area contributed by atoms with Crippen LogP contribution in [0.3, 0.4) is 0 Å². The minimum Gasteiger partial charge on any atom is -0.478 e. The first-order chi connectivity index (χ1) is 12.4. The van der Waals surface area contributed by atoms with Gasteiger partial charge in [-0.1, -0.05) is 12.1 Å². The first-order valence-corrected chi connectivity index (χ1v) is 8.43. The molecule has 0 bridgehead atoms. The molecule has 0 spiro atoms. The van der Waals surface area contributed by atoms with Crippen LogP contribution >= 0.6 is 0 Å². The van der Waals surface area contributed by atoms with Gasteiger partial charge in [-0.05, 0) is 55.7 Å². The van der Waals surface area contributed by atoms with Crippen molar-refractivity contribution in [3.8, 4) is 0 Å². The van der Waals surface area contributed by atoms with Crippen molar-refractivity contribution >= 4 is 29.2 Å². The molecular weight excluding hydrogens is 332 g/mol. The fraction of sp³-hybridized carbons (Fsp3) is 0.250. The van der Waals surface area contributed by atoms with Crippen molar-refractivity contribution in [2.45, 2.75) is 26.7 Å². The fourth-order valence-electron chi connectivity index (χ4n) is 3.15. The topological polar surface area (TPSA) is 86.7 Å². The number of amides is 2. The molecule has 2 aromatic carbocycles. The molecule has 3 rings (SSSR count). The third kappa shape index (κ3) is 3.44. The Morgan fingerprint density at radius 2 is 1.88 bits per heavy atom. The van der Waals surface area contributed by atoms with Crippen LogP contribution in [0.1, 0.15) is 44.7 Å². The molecule has 2 aromatic rings. The predicted octanol–water partition coefficient (Wildman–Crippen LogP) is 3.38. The molecule has 6 heteroatoms. The molecule has 1 aliphatic rings. The lowest BCUT2D eigenvalue weighted by Gasteiger charge is -2.17. The van der Waals surface area contributed by atoms with E-state index >= 15 is 0 Å². The van der Waals surface area contributed by atoms with E-state index in [9.17, 15) is 19.5 Å². The average molecular weight is 352 g/mol. The molecule has 1 saturated heterocycles. The van der Waals surface area contributed by atoms with E-state index < -0.39 is 5.97 Å². The zero-order chi connectivity index (χ0) is 18.8. The second-order valence-corrected chi connectivity index (χ2v) is 6.44. The lowest BCUT2D eigenvalue weighted by molar-refractivity contribution is -0.117. The van der Waals surface area contributed by atoms with Crippen LogP contribution in [0.4, 0.5) is 11.4 Å². The zero-order valence-corrected chi connectivity index (χ0v) is 14.7. The van der Waals surface area contributed by atoms with Gasteiger partial charge in [-0.15, -0.1) is 0 Å².